The second-order valence-electron chi connectivity index (χ2n) is 6.25. The van der Waals surface area contributed by atoms with E-state index in [0.29, 0.717) is 18.4 Å². The Kier molecular flexibility index (Phi) is 6.61. The quantitative estimate of drug-likeness (QED) is 0.818. The predicted octanol–water partition coefficient (Wildman–Crippen LogP) is 1.26. The van der Waals surface area contributed by atoms with Gasteiger partial charge in [-0.1, -0.05) is 13.8 Å². The lowest BCUT2D eigenvalue weighted by molar-refractivity contribution is 0.364. The molecular formula is C14H26ClN5O2S. The van der Waals surface area contributed by atoms with Gasteiger partial charge in [-0.2, -0.15) is 4.98 Å². The topological polar surface area (TPSA) is 87.2 Å². The summed E-state index contributed by atoms with van der Waals surface area (Å²) in [5, 5.41) is 3.03. The van der Waals surface area contributed by atoms with Gasteiger partial charge in [0, 0.05) is 37.9 Å². The zero-order valence-electron chi connectivity index (χ0n) is 14.2. The van der Waals surface area contributed by atoms with Gasteiger partial charge in [0.05, 0.1) is 6.26 Å². The van der Waals surface area contributed by atoms with Crippen molar-refractivity contribution in [1.82, 2.24) is 14.7 Å². The number of rotatable bonds is 5. The summed E-state index contributed by atoms with van der Waals surface area (Å²) in [6.07, 6.45) is 1.20. The molecule has 1 fully saturated rings. The Bertz CT molecular complexity index is 638. The molecular weight excluding hydrogens is 338 g/mol. The van der Waals surface area contributed by atoms with Crippen LogP contribution in [0.3, 0.4) is 0 Å². The van der Waals surface area contributed by atoms with Crippen LogP contribution in [-0.2, 0) is 10.0 Å². The maximum atomic E-state index is 11.6. The van der Waals surface area contributed by atoms with E-state index in [-0.39, 0.29) is 24.4 Å². The molecule has 0 amide bonds. The number of anilines is 2. The Morgan fingerprint density at radius 2 is 1.96 bits per heavy atom. The summed E-state index contributed by atoms with van der Waals surface area (Å²) in [7, 11) is -1.41. The highest BCUT2D eigenvalue weighted by Crippen LogP contribution is 2.28. The molecule has 2 atom stereocenters. The van der Waals surface area contributed by atoms with E-state index in [9.17, 15) is 8.42 Å². The Labute approximate surface area is 144 Å². The van der Waals surface area contributed by atoms with E-state index >= 15 is 0 Å². The van der Waals surface area contributed by atoms with Crippen LogP contribution in [0.5, 0.6) is 0 Å². The Morgan fingerprint density at radius 3 is 2.48 bits per heavy atom. The lowest BCUT2D eigenvalue weighted by Crippen LogP contribution is -2.41. The molecule has 0 saturated carbocycles. The molecule has 1 saturated heterocycles. The van der Waals surface area contributed by atoms with E-state index in [4.69, 9.17) is 0 Å². The predicted molar refractivity (Wildman–Crippen MR) is 95.9 cm³/mol. The third-order valence-corrected chi connectivity index (χ3v) is 4.70. The molecule has 1 aliphatic rings. The third-order valence-electron chi connectivity index (χ3n) is 3.97. The first kappa shape index (κ1) is 19.9. The first-order valence-electron chi connectivity index (χ1n) is 7.45. The van der Waals surface area contributed by atoms with Gasteiger partial charge in [0.2, 0.25) is 16.0 Å². The molecule has 0 aliphatic carbocycles. The summed E-state index contributed by atoms with van der Waals surface area (Å²) in [4.78, 5) is 11.0. The van der Waals surface area contributed by atoms with Crippen LogP contribution < -0.4 is 14.9 Å². The monoisotopic (exact) mass is 363 g/mol. The third kappa shape index (κ3) is 5.19. The minimum atomic E-state index is -3.23. The highest BCUT2D eigenvalue weighted by atomic mass is 35.5. The number of aryl methyl sites for hydroxylation is 1. The van der Waals surface area contributed by atoms with Crippen molar-refractivity contribution in [2.75, 3.05) is 36.6 Å². The van der Waals surface area contributed by atoms with Crippen molar-refractivity contribution in [2.24, 2.45) is 11.8 Å². The number of aromatic nitrogens is 2. The summed E-state index contributed by atoms with van der Waals surface area (Å²) in [5.41, 5.74) is 0.884. The second kappa shape index (κ2) is 7.63. The van der Waals surface area contributed by atoms with Crippen molar-refractivity contribution in [3.8, 4) is 0 Å². The number of halogens is 1. The van der Waals surface area contributed by atoms with Crippen LogP contribution in [0.4, 0.5) is 11.8 Å². The molecule has 0 bridgehead atoms. The molecule has 132 valence electrons. The summed E-state index contributed by atoms with van der Waals surface area (Å²) in [6.45, 7) is 7.48. The molecule has 2 heterocycles. The van der Waals surface area contributed by atoms with Crippen molar-refractivity contribution >= 4 is 34.2 Å². The molecule has 7 nitrogen and oxygen atoms in total. The van der Waals surface area contributed by atoms with Gasteiger partial charge in [-0.15, -0.1) is 12.4 Å². The molecule has 0 unspecified atom stereocenters. The van der Waals surface area contributed by atoms with Crippen molar-refractivity contribution in [2.45, 2.75) is 26.8 Å². The van der Waals surface area contributed by atoms with Gasteiger partial charge < -0.3 is 10.2 Å². The molecule has 2 rings (SSSR count). The van der Waals surface area contributed by atoms with E-state index in [1.165, 1.54) is 6.26 Å². The second-order valence-corrected chi connectivity index (χ2v) is 8.03. The molecule has 1 aliphatic heterocycles. The number of sulfonamides is 1. The van der Waals surface area contributed by atoms with Crippen LogP contribution in [0.2, 0.25) is 0 Å². The fourth-order valence-corrected chi connectivity index (χ4v) is 3.69. The van der Waals surface area contributed by atoms with Gasteiger partial charge in [-0.05, 0) is 18.8 Å². The minimum Gasteiger partial charge on any atom is -0.373 e. The maximum absolute atomic E-state index is 11.6. The molecule has 23 heavy (non-hydrogen) atoms. The minimum absolute atomic E-state index is 0. The number of nitrogens with zero attached hydrogens (tertiary/aromatic N) is 3. The van der Waals surface area contributed by atoms with Crippen LogP contribution >= 0.6 is 12.4 Å². The molecule has 1 aromatic heterocycles. The lowest BCUT2D eigenvalue weighted by atomic mass is 9.92. The average Bonchev–Trinajstić information content (AvgIpc) is 2.79. The fraction of sp³-hybridized carbons (Fsp3) is 0.714. The van der Waals surface area contributed by atoms with Gasteiger partial charge in [0.15, 0.2) is 0 Å². The van der Waals surface area contributed by atoms with Crippen molar-refractivity contribution < 1.29 is 8.42 Å². The zero-order valence-corrected chi connectivity index (χ0v) is 15.8. The van der Waals surface area contributed by atoms with E-state index < -0.39 is 10.0 Å². The normalized spacial score (nSPS) is 21.4. The first-order chi connectivity index (χ1) is 10.2. The van der Waals surface area contributed by atoms with Gasteiger partial charge in [-0.25, -0.2) is 18.1 Å². The average molecular weight is 364 g/mol. The summed E-state index contributed by atoms with van der Waals surface area (Å²) in [6, 6.07) is 1.77. The maximum Gasteiger partial charge on any atom is 0.227 e. The number of hydrogen-bond donors (Lipinski definition) is 2. The van der Waals surface area contributed by atoms with Crippen LogP contribution in [0.25, 0.3) is 0 Å². The van der Waals surface area contributed by atoms with Crippen molar-refractivity contribution in [3.63, 3.8) is 0 Å². The molecule has 2 N–H and O–H groups in total. The van der Waals surface area contributed by atoms with Crippen LogP contribution in [0, 0.1) is 18.8 Å². The summed E-state index contributed by atoms with van der Waals surface area (Å²) >= 11 is 0. The van der Waals surface area contributed by atoms with Gasteiger partial charge in [0.1, 0.15) is 5.82 Å². The van der Waals surface area contributed by atoms with Gasteiger partial charge in [-0.3, -0.25) is 0 Å². The highest BCUT2D eigenvalue weighted by molar-refractivity contribution is 7.88. The fourth-order valence-electron chi connectivity index (χ4n) is 2.89. The summed E-state index contributed by atoms with van der Waals surface area (Å²) in [5.74, 6) is 2.02. The largest absolute Gasteiger partial charge is 0.373 e. The van der Waals surface area contributed by atoms with Gasteiger partial charge in [0.25, 0.3) is 0 Å². The van der Waals surface area contributed by atoms with Crippen LogP contribution in [-0.4, -0.2) is 50.8 Å². The molecule has 0 spiro atoms. The van der Waals surface area contributed by atoms with Crippen molar-refractivity contribution in [3.05, 3.63) is 11.8 Å². The molecule has 0 radical (unpaired) electrons. The Balaban J connectivity index is 0.00000264. The van der Waals surface area contributed by atoms with E-state index in [2.05, 4.69) is 38.8 Å². The lowest BCUT2D eigenvalue weighted by Gasteiger charge is -2.21. The molecule has 0 aromatic carbocycles. The van der Waals surface area contributed by atoms with Crippen LogP contribution in [0.15, 0.2) is 6.07 Å². The van der Waals surface area contributed by atoms with Gasteiger partial charge >= 0.3 is 0 Å². The van der Waals surface area contributed by atoms with E-state index in [1.54, 1.807) is 0 Å². The van der Waals surface area contributed by atoms with Crippen molar-refractivity contribution in [1.29, 1.82) is 0 Å². The van der Waals surface area contributed by atoms with E-state index in [0.717, 1.165) is 18.1 Å². The first-order valence-corrected chi connectivity index (χ1v) is 9.34. The smallest absolute Gasteiger partial charge is 0.227 e. The highest BCUT2D eigenvalue weighted by Gasteiger charge is 2.37. The molecule has 1 aromatic rings. The zero-order chi connectivity index (χ0) is 16.5. The standard InChI is InChI=1S/C14H25N5O2S.ClH/c1-9(2)11-7-19(8-12(11)18-22(5,20)21)14-16-10(3)6-13(15-4)17-14;/h6,9,11-12,18H,7-8H2,1-5H3,(H,15,16,17);1H/t11-,12+;/m1./s1. The SMILES string of the molecule is CNc1cc(C)nc(N2C[C@H](NS(C)(=O)=O)[C@@H](C(C)C)C2)n1.Cl. The van der Waals surface area contributed by atoms with E-state index in [1.807, 2.05) is 20.0 Å². The Hall–Kier alpha value is -1.12. The van der Waals surface area contributed by atoms with Crippen LogP contribution in [0.1, 0.15) is 19.5 Å². The summed E-state index contributed by atoms with van der Waals surface area (Å²) < 4.78 is 25.9. The number of hydrogen-bond acceptors (Lipinski definition) is 6. The molecule has 9 heteroatoms. The number of nitrogens with one attached hydrogen (secondary N) is 2. The Morgan fingerprint density at radius 1 is 1.30 bits per heavy atom.